The van der Waals surface area contributed by atoms with Crippen LogP contribution in [0.25, 0.3) is 120 Å². The predicted octanol–water partition coefficient (Wildman–Crippen LogP) is 16.9. The van der Waals surface area contributed by atoms with Crippen molar-refractivity contribution in [1.29, 1.82) is 0 Å². The zero-order valence-electron chi connectivity index (χ0n) is 32.9. The molecule has 0 saturated carbocycles. The second-order valence-corrected chi connectivity index (χ2v) is 16.0. The topological polar surface area (TPSA) is 0 Å². The number of hydrogen-bond donors (Lipinski definition) is 0. The smallest absolute Gasteiger partial charge is 0.000785 e. The average Bonchev–Trinajstić information content (AvgIpc) is 3.32. The van der Waals surface area contributed by atoms with Gasteiger partial charge in [-0.15, -0.1) is 0 Å². The Morgan fingerprint density at radius 3 is 0.967 bits per heavy atom. The van der Waals surface area contributed by atoms with Crippen LogP contribution >= 0.6 is 0 Å². The van der Waals surface area contributed by atoms with Crippen molar-refractivity contribution in [2.24, 2.45) is 0 Å². The summed E-state index contributed by atoms with van der Waals surface area (Å²) in [6.45, 7) is 0. The summed E-state index contributed by atoms with van der Waals surface area (Å²) in [6.07, 6.45) is 0. The maximum absolute atomic E-state index is 2.41. The van der Waals surface area contributed by atoms with E-state index in [0.717, 1.165) is 0 Å². The summed E-state index contributed by atoms with van der Waals surface area (Å²) in [5.74, 6) is 0. The van der Waals surface area contributed by atoms with Gasteiger partial charge in [0, 0.05) is 0 Å². The number of fused-ring (bicyclic) bond motifs is 6. The van der Waals surface area contributed by atoms with Gasteiger partial charge < -0.3 is 0 Å². The van der Waals surface area contributed by atoms with Crippen molar-refractivity contribution in [3.05, 3.63) is 231 Å². The van der Waals surface area contributed by atoms with Gasteiger partial charge in [-0.2, -0.15) is 0 Å². The minimum atomic E-state index is 1.20. The van der Waals surface area contributed by atoms with Crippen LogP contribution in [0.15, 0.2) is 231 Å². The maximum Gasteiger partial charge on any atom is -0.000785 e. The molecule has 0 radical (unpaired) electrons. The quantitative estimate of drug-likeness (QED) is 0.153. The predicted molar refractivity (Wildman–Crippen MR) is 259 cm³/mol. The highest BCUT2D eigenvalue weighted by atomic mass is 14.3. The molecule has 0 nitrogen and oxygen atoms in total. The van der Waals surface area contributed by atoms with Crippen molar-refractivity contribution in [2.45, 2.75) is 0 Å². The summed E-state index contributed by atoms with van der Waals surface area (Å²) >= 11 is 0. The van der Waals surface area contributed by atoms with Gasteiger partial charge in [-0.05, 0) is 151 Å². The summed E-state index contributed by atoms with van der Waals surface area (Å²) in [4.78, 5) is 0. The number of rotatable bonds is 5. The fourth-order valence-corrected chi connectivity index (χ4v) is 9.67. The Hall–Kier alpha value is -7.80. The normalized spacial score (nSPS) is 11.7. The molecule has 0 aliphatic carbocycles. The van der Waals surface area contributed by atoms with E-state index in [1.54, 1.807) is 0 Å². The van der Waals surface area contributed by atoms with Gasteiger partial charge >= 0.3 is 0 Å². The van der Waals surface area contributed by atoms with Crippen molar-refractivity contribution >= 4 is 64.6 Å². The van der Waals surface area contributed by atoms with E-state index in [4.69, 9.17) is 0 Å². The molecule has 0 heteroatoms. The Bertz CT molecular complexity index is 3660. The minimum Gasteiger partial charge on any atom is -0.0616 e. The fraction of sp³-hybridized carbons (Fsp3) is 0. The number of benzene rings is 12. The van der Waals surface area contributed by atoms with Crippen molar-refractivity contribution in [3.63, 3.8) is 0 Å². The van der Waals surface area contributed by atoms with Gasteiger partial charge in [0.05, 0.1) is 0 Å². The zero-order valence-corrected chi connectivity index (χ0v) is 32.9. The van der Waals surface area contributed by atoms with E-state index in [9.17, 15) is 0 Å². The molecule has 12 aromatic rings. The van der Waals surface area contributed by atoms with Crippen molar-refractivity contribution in [1.82, 2.24) is 0 Å². The molecule has 0 spiro atoms. The molecule has 0 atom stereocenters. The van der Waals surface area contributed by atoms with Crippen molar-refractivity contribution in [3.8, 4) is 55.6 Å². The molecule has 0 aliphatic heterocycles. The summed E-state index contributed by atoms with van der Waals surface area (Å²) in [5.41, 5.74) is 12.2. The molecule has 0 unspecified atom stereocenters. The standard InChI is InChI=1S/C60H38/c1-5-16-43-34-48(28-24-39(43)12-1)47-20-11-21-51(38-47)57-55-22-9-10-23-56(55)58(52-31-27-42-15-4-8-19-46(42)37-52)60-54(50-30-26-41-14-3-7-18-45(41)36-50)33-32-53(59(57)60)49-29-25-40-13-2-6-17-44(40)35-49/h1-38H. The van der Waals surface area contributed by atoms with Crippen LogP contribution in [-0.2, 0) is 0 Å². The fourth-order valence-electron chi connectivity index (χ4n) is 9.67. The molecule has 0 saturated heterocycles. The van der Waals surface area contributed by atoms with Gasteiger partial charge in [-0.25, -0.2) is 0 Å². The Labute approximate surface area is 349 Å². The molecular weight excluding hydrogens is 721 g/mol. The molecule has 0 amide bonds. The van der Waals surface area contributed by atoms with Crippen LogP contribution in [0.4, 0.5) is 0 Å². The lowest BCUT2D eigenvalue weighted by atomic mass is 9.79. The van der Waals surface area contributed by atoms with Crippen LogP contribution in [-0.4, -0.2) is 0 Å². The van der Waals surface area contributed by atoms with Crippen LogP contribution in [0.2, 0.25) is 0 Å². The molecule has 0 aliphatic rings. The van der Waals surface area contributed by atoms with Gasteiger partial charge in [-0.3, -0.25) is 0 Å². The summed E-state index contributed by atoms with van der Waals surface area (Å²) < 4.78 is 0. The van der Waals surface area contributed by atoms with Gasteiger partial charge in [0.2, 0.25) is 0 Å². The van der Waals surface area contributed by atoms with Crippen LogP contribution in [0.3, 0.4) is 0 Å². The van der Waals surface area contributed by atoms with Crippen LogP contribution < -0.4 is 0 Å². The molecule has 0 heterocycles. The largest absolute Gasteiger partial charge is 0.0616 e. The second kappa shape index (κ2) is 13.9. The van der Waals surface area contributed by atoms with Crippen molar-refractivity contribution < 1.29 is 0 Å². The summed E-state index contributed by atoms with van der Waals surface area (Å²) in [7, 11) is 0. The lowest BCUT2D eigenvalue weighted by molar-refractivity contribution is 1.62. The highest BCUT2D eigenvalue weighted by molar-refractivity contribution is 6.28. The Balaban J connectivity index is 1.25. The SMILES string of the molecule is c1cc(-c2ccc3ccccc3c2)cc(-c2c3ccccc3c(-c3ccc4ccccc4c3)c3c(-c4ccc5ccccc5c4)ccc(-c4ccc5ccccc5c4)c23)c1. The molecule has 12 rings (SSSR count). The molecule has 12 aromatic carbocycles. The molecule has 0 N–H and O–H groups in total. The van der Waals surface area contributed by atoms with Crippen LogP contribution in [0.5, 0.6) is 0 Å². The number of hydrogen-bond acceptors (Lipinski definition) is 0. The van der Waals surface area contributed by atoms with E-state index < -0.39 is 0 Å². The summed E-state index contributed by atoms with van der Waals surface area (Å²) in [6, 6.07) is 85.6. The molecular formula is C60H38. The van der Waals surface area contributed by atoms with Gasteiger partial charge in [0.25, 0.3) is 0 Å². The van der Waals surface area contributed by atoms with Crippen LogP contribution in [0.1, 0.15) is 0 Å². The average molecular weight is 759 g/mol. The van der Waals surface area contributed by atoms with Crippen molar-refractivity contribution in [2.75, 3.05) is 0 Å². The molecule has 0 aromatic heterocycles. The molecule has 60 heavy (non-hydrogen) atoms. The third-order valence-electron chi connectivity index (χ3n) is 12.6. The highest BCUT2D eigenvalue weighted by Gasteiger charge is 2.23. The Kier molecular flexibility index (Phi) is 7.96. The van der Waals surface area contributed by atoms with Crippen LogP contribution in [0, 0.1) is 0 Å². The molecule has 0 fully saturated rings. The third-order valence-corrected chi connectivity index (χ3v) is 12.6. The maximum atomic E-state index is 2.41. The first-order chi connectivity index (χ1) is 29.7. The van der Waals surface area contributed by atoms with E-state index in [1.165, 1.54) is 120 Å². The molecule has 278 valence electrons. The Morgan fingerprint density at radius 1 is 0.183 bits per heavy atom. The van der Waals surface area contributed by atoms with Gasteiger partial charge in [-0.1, -0.05) is 200 Å². The van der Waals surface area contributed by atoms with E-state index in [2.05, 4.69) is 231 Å². The van der Waals surface area contributed by atoms with E-state index in [-0.39, 0.29) is 0 Å². The second-order valence-electron chi connectivity index (χ2n) is 16.0. The van der Waals surface area contributed by atoms with Gasteiger partial charge in [0.1, 0.15) is 0 Å². The Morgan fingerprint density at radius 2 is 0.500 bits per heavy atom. The van der Waals surface area contributed by atoms with E-state index in [0.29, 0.717) is 0 Å². The lowest BCUT2D eigenvalue weighted by Crippen LogP contribution is -1.96. The van der Waals surface area contributed by atoms with E-state index >= 15 is 0 Å². The monoisotopic (exact) mass is 758 g/mol. The molecule has 0 bridgehead atoms. The highest BCUT2D eigenvalue weighted by Crippen LogP contribution is 2.51. The van der Waals surface area contributed by atoms with E-state index in [1.807, 2.05) is 0 Å². The summed E-state index contributed by atoms with van der Waals surface area (Å²) in [5, 5.41) is 14.9. The first-order valence-corrected chi connectivity index (χ1v) is 20.8. The van der Waals surface area contributed by atoms with Gasteiger partial charge in [0.15, 0.2) is 0 Å². The zero-order chi connectivity index (χ0) is 39.6. The lowest BCUT2D eigenvalue weighted by Gasteiger charge is -2.23. The first kappa shape index (κ1) is 34.3. The minimum absolute atomic E-state index is 1.20. The first-order valence-electron chi connectivity index (χ1n) is 20.8. The third kappa shape index (κ3) is 5.69.